The van der Waals surface area contributed by atoms with Gasteiger partial charge in [-0.05, 0) is 72.4 Å². The minimum absolute atomic E-state index is 0.0331. The molecule has 0 bridgehead atoms. The van der Waals surface area contributed by atoms with E-state index in [1.165, 1.54) is 7.05 Å². The number of hydrogen-bond acceptors (Lipinski definition) is 7. The number of likely N-dealkylation sites (N-methyl/N-ethyl adjacent to an activating group) is 1. The molecule has 1 aliphatic rings. The summed E-state index contributed by atoms with van der Waals surface area (Å²) in [6.07, 6.45) is -0.0668. The van der Waals surface area contributed by atoms with Crippen LogP contribution in [0.5, 0.6) is 0 Å². The zero-order valence-corrected chi connectivity index (χ0v) is 36.1. The molecule has 4 aromatic rings. The number of aliphatic hydroxyl groups excluding tert-OH is 1. The summed E-state index contributed by atoms with van der Waals surface area (Å²) < 4.78 is 0. The molecule has 5 atom stereocenters. The lowest BCUT2D eigenvalue weighted by molar-refractivity contribution is -0.131. The molecule has 5 amide bonds. The molecule has 3 heterocycles. The van der Waals surface area contributed by atoms with Crippen LogP contribution in [0, 0.1) is 17.8 Å². The second kappa shape index (κ2) is 19.5. The van der Waals surface area contributed by atoms with Crippen molar-refractivity contribution in [3.63, 3.8) is 0 Å². The van der Waals surface area contributed by atoms with Crippen molar-refractivity contribution in [2.24, 2.45) is 10.8 Å². The van der Waals surface area contributed by atoms with Crippen LogP contribution >= 0.6 is 0 Å². The maximum Gasteiger partial charge on any atom is 0.407 e. The average molecular weight is 820 g/mol. The number of hydrogen-bond donors (Lipinski definition) is 4. The van der Waals surface area contributed by atoms with Gasteiger partial charge >= 0.3 is 12.1 Å². The molecule has 0 unspecified atom stereocenters. The Bertz CT molecular complexity index is 2070. The van der Waals surface area contributed by atoms with Crippen LogP contribution in [-0.4, -0.2) is 109 Å². The molecule has 0 radical (unpaired) electrons. The summed E-state index contributed by atoms with van der Waals surface area (Å²) in [5.41, 5.74) is 3.67. The summed E-state index contributed by atoms with van der Waals surface area (Å²) in [7, 11) is 1.37. The number of aryl methyl sites for hydroxylation is 1. The van der Waals surface area contributed by atoms with E-state index < -0.39 is 59.0 Å². The van der Waals surface area contributed by atoms with Gasteiger partial charge in [0.1, 0.15) is 12.1 Å². The predicted octanol–water partition coefficient (Wildman–Crippen LogP) is 6.33. The third kappa shape index (κ3) is 11.9. The molecule has 1 saturated heterocycles. The Kier molecular flexibility index (Phi) is 14.7. The Balaban J connectivity index is 1.44. The van der Waals surface area contributed by atoms with Crippen LogP contribution in [0.2, 0.25) is 0 Å². The molecule has 1 fully saturated rings. The van der Waals surface area contributed by atoms with Gasteiger partial charge in [-0.2, -0.15) is 0 Å². The van der Waals surface area contributed by atoms with E-state index in [0.29, 0.717) is 26.1 Å². The van der Waals surface area contributed by atoms with E-state index in [4.69, 9.17) is 0 Å². The molecule has 5 rings (SSSR count). The van der Waals surface area contributed by atoms with E-state index in [-0.39, 0.29) is 18.9 Å². The van der Waals surface area contributed by atoms with E-state index in [9.17, 15) is 29.4 Å². The molecule has 2 aromatic heterocycles. The topological polar surface area (TPSA) is 168 Å². The van der Waals surface area contributed by atoms with Crippen LogP contribution < -0.4 is 10.6 Å². The summed E-state index contributed by atoms with van der Waals surface area (Å²) in [6, 6.07) is 25.1. The van der Waals surface area contributed by atoms with Gasteiger partial charge in [-0.25, -0.2) is 9.59 Å². The summed E-state index contributed by atoms with van der Waals surface area (Å²) >= 11 is 0. The van der Waals surface area contributed by atoms with Gasteiger partial charge < -0.3 is 30.6 Å². The van der Waals surface area contributed by atoms with Gasteiger partial charge in [0.2, 0.25) is 11.8 Å². The Morgan fingerprint density at radius 2 is 1.47 bits per heavy atom. The molecule has 2 aromatic carbocycles. The van der Waals surface area contributed by atoms with Crippen molar-refractivity contribution >= 4 is 23.9 Å². The van der Waals surface area contributed by atoms with Crippen LogP contribution in [0.15, 0.2) is 97.2 Å². The number of rotatable bonds is 16. The molecule has 4 N–H and O–H groups in total. The number of carboxylic acid groups (broad SMARTS) is 1. The highest BCUT2D eigenvalue weighted by Crippen LogP contribution is 2.30. The number of amides is 5. The molecule has 0 spiro atoms. The van der Waals surface area contributed by atoms with Crippen LogP contribution in [-0.2, 0) is 29.0 Å². The molecule has 13 heteroatoms. The van der Waals surface area contributed by atoms with Crippen molar-refractivity contribution in [2.45, 2.75) is 105 Å². The SMILES string of the molecule is Cc1cccc(CN2CCN([C@H](C(=O)N[C@@H](Cc3ccc(-c4ccccn4)cc3)[C@@H](O)C[C@H](Cc3ccccc3)NC(=O)[C@@H](N(C)C(=O)O)C(C)(C)C)C(C)(C)C)C2=O)n1. The van der Waals surface area contributed by atoms with Gasteiger partial charge in [0, 0.05) is 43.6 Å². The number of aliphatic hydroxyl groups is 1. The Labute approximate surface area is 354 Å². The van der Waals surface area contributed by atoms with Gasteiger partial charge in [0.25, 0.3) is 0 Å². The largest absolute Gasteiger partial charge is 0.465 e. The number of urea groups is 1. The molecule has 60 heavy (non-hydrogen) atoms. The Morgan fingerprint density at radius 1 is 0.800 bits per heavy atom. The summed E-state index contributed by atoms with van der Waals surface area (Å²) in [6.45, 7) is 14.2. The monoisotopic (exact) mass is 819 g/mol. The van der Waals surface area contributed by atoms with Crippen LogP contribution in [0.3, 0.4) is 0 Å². The van der Waals surface area contributed by atoms with Crippen molar-refractivity contribution in [3.8, 4) is 11.3 Å². The number of carbonyl (C=O) groups excluding carboxylic acids is 3. The van der Waals surface area contributed by atoms with Crippen molar-refractivity contribution in [1.29, 1.82) is 0 Å². The third-order valence-electron chi connectivity index (χ3n) is 10.9. The molecular formula is C47H61N7O6. The van der Waals surface area contributed by atoms with E-state index in [1.807, 2.05) is 119 Å². The van der Waals surface area contributed by atoms with Crippen molar-refractivity contribution in [1.82, 2.24) is 35.3 Å². The maximum absolute atomic E-state index is 14.7. The number of pyridine rings is 2. The molecule has 0 aliphatic carbocycles. The second-order valence-electron chi connectivity index (χ2n) is 18.0. The Morgan fingerprint density at radius 3 is 2.07 bits per heavy atom. The number of aromatic nitrogens is 2. The maximum atomic E-state index is 14.7. The quantitative estimate of drug-likeness (QED) is 0.102. The first-order valence-corrected chi connectivity index (χ1v) is 20.6. The second-order valence-corrected chi connectivity index (χ2v) is 18.0. The number of benzene rings is 2. The zero-order chi connectivity index (χ0) is 43.8. The molecular weight excluding hydrogens is 759 g/mol. The average Bonchev–Trinajstić information content (AvgIpc) is 3.52. The van der Waals surface area contributed by atoms with Gasteiger partial charge in [-0.1, -0.05) is 108 Å². The highest BCUT2D eigenvalue weighted by atomic mass is 16.4. The lowest BCUT2D eigenvalue weighted by Crippen LogP contribution is -2.59. The van der Waals surface area contributed by atoms with Crippen molar-refractivity contribution in [2.75, 3.05) is 20.1 Å². The lowest BCUT2D eigenvalue weighted by Gasteiger charge is -2.38. The molecule has 0 saturated carbocycles. The van der Waals surface area contributed by atoms with Crippen molar-refractivity contribution in [3.05, 3.63) is 120 Å². The lowest BCUT2D eigenvalue weighted by atomic mass is 9.84. The van der Waals surface area contributed by atoms with Crippen LogP contribution in [0.25, 0.3) is 11.3 Å². The van der Waals surface area contributed by atoms with E-state index in [1.54, 1.807) is 36.8 Å². The van der Waals surface area contributed by atoms with E-state index in [2.05, 4.69) is 20.6 Å². The van der Waals surface area contributed by atoms with Gasteiger partial charge in [-0.15, -0.1) is 0 Å². The molecule has 13 nitrogen and oxygen atoms in total. The first-order chi connectivity index (χ1) is 28.3. The van der Waals surface area contributed by atoms with Gasteiger partial charge in [0.15, 0.2) is 0 Å². The first kappa shape index (κ1) is 45.3. The standard InChI is InChI=1S/C47H61N7O6/c1-31-15-14-18-35(49-31)30-53-25-26-54(44(53)58)41(47(5,6)7)43(57)51-38(28-33-20-22-34(23-21-33)37-19-12-13-24-48-37)39(55)29-36(27-32-16-10-9-11-17-32)50-42(56)40(46(2,3)4)52(8)45(59)60/h9-24,36,38-41,55H,25-30H2,1-8H3,(H,50,56)(H,51,57)(H,59,60)/t36-,38-,39-,40+,41+/m0/s1. The number of carbonyl (C=O) groups is 4. The fraction of sp³-hybridized carbons (Fsp3) is 0.447. The number of nitrogens with zero attached hydrogens (tertiary/aromatic N) is 5. The molecule has 1 aliphatic heterocycles. The minimum atomic E-state index is -1.23. The van der Waals surface area contributed by atoms with Crippen LogP contribution in [0.1, 0.15) is 70.5 Å². The highest BCUT2D eigenvalue weighted by molar-refractivity contribution is 5.89. The fourth-order valence-electron chi connectivity index (χ4n) is 8.11. The molecule has 320 valence electrons. The smallest absolute Gasteiger partial charge is 0.407 e. The van der Waals surface area contributed by atoms with Gasteiger partial charge in [0.05, 0.1) is 30.1 Å². The predicted molar refractivity (Wildman–Crippen MR) is 232 cm³/mol. The van der Waals surface area contributed by atoms with E-state index in [0.717, 1.165) is 38.7 Å². The van der Waals surface area contributed by atoms with Crippen LogP contribution in [0.4, 0.5) is 9.59 Å². The summed E-state index contributed by atoms with van der Waals surface area (Å²) in [5, 5.41) is 28.4. The fourth-order valence-corrected chi connectivity index (χ4v) is 8.11. The first-order valence-electron chi connectivity index (χ1n) is 20.6. The summed E-state index contributed by atoms with van der Waals surface area (Å²) in [5.74, 6) is -0.892. The van der Waals surface area contributed by atoms with Gasteiger partial charge in [-0.3, -0.25) is 24.5 Å². The minimum Gasteiger partial charge on any atom is -0.465 e. The highest BCUT2D eigenvalue weighted by Gasteiger charge is 2.45. The Hall–Kier alpha value is -5.82. The third-order valence-corrected chi connectivity index (χ3v) is 10.9. The van der Waals surface area contributed by atoms with Crippen molar-refractivity contribution < 1.29 is 29.4 Å². The normalized spacial score (nSPS) is 15.8. The van der Waals surface area contributed by atoms with E-state index >= 15 is 0 Å². The number of nitrogens with one attached hydrogen (secondary N) is 2. The zero-order valence-electron chi connectivity index (χ0n) is 36.1. The summed E-state index contributed by atoms with van der Waals surface area (Å²) in [4.78, 5) is 68.2.